The van der Waals surface area contributed by atoms with Gasteiger partial charge in [-0.3, -0.25) is 9.36 Å². The first-order valence-corrected chi connectivity index (χ1v) is 18.7. The maximum Gasteiger partial charge on any atom is 0.338 e. The molecule has 0 saturated carbocycles. The monoisotopic (exact) mass is 748 g/mol. The van der Waals surface area contributed by atoms with Crippen LogP contribution in [0.4, 0.5) is 0 Å². The Morgan fingerprint density at radius 2 is 1.70 bits per heavy atom. The summed E-state index contributed by atoms with van der Waals surface area (Å²) < 4.78 is 26.0. The van der Waals surface area contributed by atoms with Crippen molar-refractivity contribution in [3.63, 3.8) is 0 Å². The molecule has 0 unspecified atom stereocenters. The summed E-state index contributed by atoms with van der Waals surface area (Å²) in [5.74, 6) is 1.26. The Morgan fingerprint density at radius 1 is 0.962 bits per heavy atom. The maximum absolute atomic E-state index is 14.6. The van der Waals surface area contributed by atoms with E-state index in [1.165, 1.54) is 11.3 Å². The molecular formula is C43H41ClN2O6S. The van der Waals surface area contributed by atoms with Crippen LogP contribution in [0.5, 0.6) is 17.2 Å². The maximum atomic E-state index is 14.6. The lowest BCUT2D eigenvalue weighted by Crippen LogP contribution is -2.40. The quantitative estimate of drug-likeness (QED) is 0.0843. The molecule has 0 fully saturated rings. The number of nitrogens with zero attached hydrogens (tertiary/aromatic N) is 2. The molecular weight excluding hydrogens is 708 g/mol. The number of benzene rings is 4. The van der Waals surface area contributed by atoms with Gasteiger partial charge in [0, 0.05) is 21.7 Å². The van der Waals surface area contributed by atoms with Gasteiger partial charge >= 0.3 is 5.97 Å². The molecule has 0 bridgehead atoms. The first-order chi connectivity index (χ1) is 25.7. The number of esters is 1. The van der Waals surface area contributed by atoms with Crippen LogP contribution in [0.1, 0.15) is 61.6 Å². The molecule has 1 atom stereocenters. The SMILES string of the molecule is C=CCc1cc(/C=c2\sc3n(c2=O)[C@H](c2ccc(OC(C)C)cc2)C(C(=O)OCC)=C(c2ccccc2)N=3)cc(OCC)c1OCc1ccccc1Cl. The minimum Gasteiger partial charge on any atom is -0.491 e. The number of fused-ring (bicyclic) bond motifs is 1. The fraction of sp³-hybridized carbons (Fsp3) is 0.233. The predicted octanol–water partition coefficient (Wildman–Crippen LogP) is 8.08. The van der Waals surface area contributed by atoms with Gasteiger partial charge < -0.3 is 18.9 Å². The highest BCUT2D eigenvalue weighted by molar-refractivity contribution is 7.07. The Kier molecular flexibility index (Phi) is 12.0. The summed E-state index contributed by atoms with van der Waals surface area (Å²) >= 11 is 7.68. The van der Waals surface area contributed by atoms with E-state index in [9.17, 15) is 9.59 Å². The largest absolute Gasteiger partial charge is 0.491 e. The highest BCUT2D eigenvalue weighted by atomic mass is 35.5. The minimum atomic E-state index is -0.813. The Hall–Kier alpha value is -5.38. The van der Waals surface area contributed by atoms with Crippen molar-refractivity contribution in [2.24, 2.45) is 4.99 Å². The van der Waals surface area contributed by atoms with Crippen molar-refractivity contribution in [3.05, 3.63) is 162 Å². The summed E-state index contributed by atoms with van der Waals surface area (Å²) in [6.07, 6.45) is 4.10. The molecule has 0 N–H and O–H groups in total. The summed E-state index contributed by atoms with van der Waals surface area (Å²) in [5, 5.41) is 0.613. The van der Waals surface area contributed by atoms with Crippen molar-refractivity contribution >= 4 is 40.7 Å². The second kappa shape index (κ2) is 17.0. The average molecular weight is 749 g/mol. The summed E-state index contributed by atoms with van der Waals surface area (Å²) in [7, 11) is 0. The number of carbonyl (C=O) groups excluding carboxylic acids is 1. The summed E-state index contributed by atoms with van der Waals surface area (Å²) in [6, 6.07) is 27.5. The van der Waals surface area contributed by atoms with E-state index in [0.29, 0.717) is 55.9 Å². The normalized spacial score (nSPS) is 14.1. The Bertz CT molecular complexity index is 2330. The van der Waals surface area contributed by atoms with E-state index < -0.39 is 12.0 Å². The van der Waals surface area contributed by atoms with E-state index in [2.05, 4.69) is 6.58 Å². The van der Waals surface area contributed by atoms with E-state index in [-0.39, 0.29) is 30.5 Å². The molecule has 6 rings (SSSR count). The van der Waals surface area contributed by atoms with Crippen LogP contribution in [0.25, 0.3) is 11.8 Å². The molecule has 0 saturated heterocycles. The van der Waals surface area contributed by atoms with Gasteiger partial charge in [0.15, 0.2) is 16.3 Å². The van der Waals surface area contributed by atoms with Gasteiger partial charge in [-0.05, 0) is 81.7 Å². The molecule has 8 nitrogen and oxygen atoms in total. The van der Waals surface area contributed by atoms with Crippen LogP contribution in [-0.2, 0) is 22.6 Å². The van der Waals surface area contributed by atoms with Gasteiger partial charge in [-0.1, -0.05) is 89.7 Å². The molecule has 1 aliphatic rings. The van der Waals surface area contributed by atoms with Gasteiger partial charge in [0.2, 0.25) is 0 Å². The standard InChI is InChI=1S/C43H41ClN2O6S/c1-6-14-31-23-28(24-35(49-7-2)40(31)51-26-32-17-12-13-18-34(32)44)25-36-41(47)46-39(30-19-21-33(22-20-30)52-27(4)5)37(42(48)50-8-3)38(45-43(46)53-36)29-15-10-9-11-16-29/h6,9-13,15-25,27,39H,1,7-8,14,26H2,2-5H3/b36-25-/t39-/m1/s1. The van der Waals surface area contributed by atoms with Crippen LogP contribution in [0, 0.1) is 0 Å². The molecule has 0 radical (unpaired) electrons. The molecule has 1 aliphatic heterocycles. The molecule has 2 heterocycles. The van der Waals surface area contributed by atoms with Crippen molar-refractivity contribution in [1.82, 2.24) is 4.57 Å². The molecule has 10 heteroatoms. The number of allylic oxidation sites excluding steroid dienone is 1. The minimum absolute atomic E-state index is 0.0172. The smallest absolute Gasteiger partial charge is 0.338 e. The molecule has 53 heavy (non-hydrogen) atoms. The van der Waals surface area contributed by atoms with Crippen molar-refractivity contribution in [1.29, 1.82) is 0 Å². The molecule has 1 aromatic heterocycles. The van der Waals surface area contributed by atoms with E-state index in [0.717, 1.165) is 22.3 Å². The third-order valence-electron chi connectivity index (χ3n) is 8.39. The lowest BCUT2D eigenvalue weighted by molar-refractivity contribution is -0.138. The number of thiazole rings is 1. The van der Waals surface area contributed by atoms with Gasteiger partial charge in [0.05, 0.1) is 41.2 Å². The highest BCUT2D eigenvalue weighted by Gasteiger charge is 2.35. The van der Waals surface area contributed by atoms with Crippen molar-refractivity contribution < 1.29 is 23.7 Å². The zero-order valence-corrected chi connectivity index (χ0v) is 31.7. The van der Waals surface area contributed by atoms with Crippen LogP contribution in [0.3, 0.4) is 0 Å². The number of hydrogen-bond donors (Lipinski definition) is 0. The zero-order chi connectivity index (χ0) is 37.5. The van der Waals surface area contributed by atoms with Gasteiger partial charge in [0.1, 0.15) is 12.4 Å². The van der Waals surface area contributed by atoms with Gasteiger partial charge in [0.25, 0.3) is 5.56 Å². The Balaban J connectivity index is 1.53. The lowest BCUT2D eigenvalue weighted by Gasteiger charge is -2.26. The Labute approximate surface area is 317 Å². The molecule has 0 amide bonds. The van der Waals surface area contributed by atoms with E-state index in [4.69, 9.17) is 35.5 Å². The predicted molar refractivity (Wildman–Crippen MR) is 211 cm³/mol. The van der Waals surface area contributed by atoms with Crippen LogP contribution < -0.4 is 29.1 Å². The van der Waals surface area contributed by atoms with E-state index in [1.54, 1.807) is 17.6 Å². The van der Waals surface area contributed by atoms with Crippen LogP contribution in [-0.4, -0.2) is 29.9 Å². The second-order valence-electron chi connectivity index (χ2n) is 12.5. The molecule has 4 aromatic carbocycles. The van der Waals surface area contributed by atoms with Crippen molar-refractivity contribution in [2.75, 3.05) is 13.2 Å². The Morgan fingerprint density at radius 3 is 2.38 bits per heavy atom. The molecule has 0 spiro atoms. The van der Waals surface area contributed by atoms with Gasteiger partial charge in [-0.15, -0.1) is 6.58 Å². The van der Waals surface area contributed by atoms with Crippen LogP contribution in [0.2, 0.25) is 5.02 Å². The molecule has 5 aromatic rings. The topological polar surface area (TPSA) is 88.4 Å². The number of halogens is 1. The number of aromatic nitrogens is 1. The second-order valence-corrected chi connectivity index (χ2v) is 13.9. The zero-order valence-electron chi connectivity index (χ0n) is 30.1. The number of ether oxygens (including phenoxy) is 4. The third-order valence-corrected chi connectivity index (χ3v) is 9.74. The lowest BCUT2D eigenvalue weighted by atomic mass is 9.93. The number of rotatable bonds is 14. The van der Waals surface area contributed by atoms with E-state index >= 15 is 0 Å². The van der Waals surface area contributed by atoms with Crippen molar-refractivity contribution in [3.8, 4) is 17.2 Å². The van der Waals surface area contributed by atoms with E-state index in [1.807, 2.05) is 118 Å². The highest BCUT2D eigenvalue weighted by Crippen LogP contribution is 2.37. The fourth-order valence-electron chi connectivity index (χ4n) is 6.17. The van der Waals surface area contributed by atoms with Crippen LogP contribution in [0.15, 0.2) is 119 Å². The van der Waals surface area contributed by atoms with Crippen molar-refractivity contribution in [2.45, 2.75) is 52.9 Å². The fourth-order valence-corrected chi connectivity index (χ4v) is 7.37. The first kappa shape index (κ1) is 37.4. The summed E-state index contributed by atoms with van der Waals surface area (Å²) in [5.41, 5.74) is 4.32. The average Bonchev–Trinajstić information content (AvgIpc) is 3.45. The molecule has 272 valence electrons. The number of carbonyl (C=O) groups is 1. The summed E-state index contributed by atoms with van der Waals surface area (Å²) in [4.78, 5) is 33.9. The third kappa shape index (κ3) is 8.32. The molecule has 0 aliphatic carbocycles. The van der Waals surface area contributed by atoms with Gasteiger partial charge in [-0.2, -0.15) is 0 Å². The van der Waals surface area contributed by atoms with Gasteiger partial charge in [-0.25, -0.2) is 9.79 Å². The first-order valence-electron chi connectivity index (χ1n) is 17.5. The number of hydrogen-bond acceptors (Lipinski definition) is 8. The van der Waals surface area contributed by atoms with Crippen LogP contribution >= 0.6 is 22.9 Å². The summed E-state index contributed by atoms with van der Waals surface area (Å²) in [6.45, 7) is 12.4.